The number of carbonyl (C=O) groups is 1. The molecule has 0 saturated carbocycles. The Balaban J connectivity index is 1.77. The third-order valence-electron chi connectivity index (χ3n) is 4.84. The second kappa shape index (κ2) is 7.21. The minimum absolute atomic E-state index is 0.0642. The molecule has 0 radical (unpaired) electrons. The van der Waals surface area contributed by atoms with E-state index in [1.165, 1.54) is 0 Å². The maximum absolute atomic E-state index is 12.6. The molecule has 0 spiro atoms. The third-order valence-corrected chi connectivity index (χ3v) is 4.84. The van der Waals surface area contributed by atoms with E-state index in [0.29, 0.717) is 43.2 Å². The normalized spacial score (nSPS) is 16.3. The van der Waals surface area contributed by atoms with Gasteiger partial charge in [0.1, 0.15) is 5.52 Å². The van der Waals surface area contributed by atoms with Gasteiger partial charge in [0, 0.05) is 45.3 Å². The Hall–Kier alpha value is -2.44. The summed E-state index contributed by atoms with van der Waals surface area (Å²) in [6.45, 7) is 6.59. The molecule has 1 saturated heterocycles. The van der Waals surface area contributed by atoms with Crippen molar-refractivity contribution in [3.05, 3.63) is 28.7 Å². The smallest absolute Gasteiger partial charge is 0.294 e. The van der Waals surface area contributed by atoms with Gasteiger partial charge in [0.25, 0.3) is 5.56 Å². The van der Waals surface area contributed by atoms with E-state index in [0.717, 1.165) is 12.8 Å². The maximum atomic E-state index is 12.6. The zero-order valence-electron chi connectivity index (χ0n) is 15.1. The summed E-state index contributed by atoms with van der Waals surface area (Å²) in [5.74, 6) is 0.719. The molecule has 0 aromatic carbocycles. The Kier molecular flexibility index (Phi) is 5.01. The predicted molar refractivity (Wildman–Crippen MR) is 97.6 cm³/mol. The number of hydrogen-bond donors (Lipinski definition) is 0. The van der Waals surface area contributed by atoms with E-state index in [1.54, 1.807) is 17.8 Å². The zero-order valence-corrected chi connectivity index (χ0v) is 15.1. The van der Waals surface area contributed by atoms with Gasteiger partial charge in [0.05, 0.1) is 0 Å². The maximum Gasteiger partial charge on any atom is 0.294 e. The van der Waals surface area contributed by atoms with Gasteiger partial charge in [-0.15, -0.1) is 0 Å². The van der Waals surface area contributed by atoms with Crippen molar-refractivity contribution in [3.8, 4) is 0 Å². The van der Waals surface area contributed by atoms with Crippen LogP contribution in [0.15, 0.2) is 23.1 Å². The van der Waals surface area contributed by atoms with Crippen LogP contribution in [0, 0.1) is 5.92 Å². The largest absolute Gasteiger partial charge is 0.348 e. The van der Waals surface area contributed by atoms with Crippen LogP contribution in [0.1, 0.15) is 26.7 Å². The highest BCUT2D eigenvalue weighted by molar-refractivity contribution is 5.79. The molecule has 3 rings (SSSR count). The molecular weight excluding hydrogens is 318 g/mol. The molecule has 2 aromatic rings. The summed E-state index contributed by atoms with van der Waals surface area (Å²) in [5.41, 5.74) is 1.14. The summed E-state index contributed by atoms with van der Waals surface area (Å²) in [5, 5.41) is 0. The zero-order chi connectivity index (χ0) is 18.0. The van der Waals surface area contributed by atoms with Gasteiger partial charge in [-0.05, 0) is 18.6 Å². The van der Waals surface area contributed by atoms with Crippen LogP contribution in [0.5, 0.6) is 0 Å². The number of fused-ring (bicyclic) bond motifs is 1. The molecule has 2 aromatic heterocycles. The first-order valence-corrected chi connectivity index (χ1v) is 8.88. The number of nitrogens with zero attached hydrogens (tertiary/aromatic N) is 5. The summed E-state index contributed by atoms with van der Waals surface area (Å²) in [6, 6.07) is 3.67. The number of aromatic nitrogens is 3. The molecule has 0 aliphatic carbocycles. The van der Waals surface area contributed by atoms with Gasteiger partial charge in [-0.3, -0.25) is 14.2 Å². The Morgan fingerprint density at radius 1 is 1.28 bits per heavy atom. The number of pyridine rings is 1. The number of piperazine rings is 1. The van der Waals surface area contributed by atoms with Crippen molar-refractivity contribution < 1.29 is 4.79 Å². The molecule has 3 heterocycles. The summed E-state index contributed by atoms with van der Waals surface area (Å²) >= 11 is 0. The molecule has 0 unspecified atom stereocenters. The van der Waals surface area contributed by atoms with Crippen molar-refractivity contribution in [3.63, 3.8) is 0 Å². The highest BCUT2D eigenvalue weighted by atomic mass is 16.2. The second-order valence-corrected chi connectivity index (χ2v) is 6.65. The highest BCUT2D eigenvalue weighted by Gasteiger charge is 2.26. The highest BCUT2D eigenvalue weighted by Crippen LogP contribution is 2.16. The first-order valence-electron chi connectivity index (χ1n) is 8.88. The van der Waals surface area contributed by atoms with E-state index >= 15 is 0 Å². The molecule has 7 nitrogen and oxygen atoms in total. The molecule has 25 heavy (non-hydrogen) atoms. The number of hydrogen-bond acceptors (Lipinski definition) is 5. The first-order chi connectivity index (χ1) is 12.0. The van der Waals surface area contributed by atoms with E-state index in [-0.39, 0.29) is 17.4 Å². The number of amides is 1. The summed E-state index contributed by atoms with van der Waals surface area (Å²) < 4.78 is 1.54. The predicted octanol–water partition coefficient (Wildman–Crippen LogP) is 1.41. The SMILES string of the molecule is CCC[C@@H](C)C(=O)N1CCN(c2nc3cccnc3n(C)c2=O)CC1. The molecule has 134 valence electrons. The molecule has 1 atom stereocenters. The lowest BCUT2D eigenvalue weighted by Crippen LogP contribution is -2.51. The van der Waals surface area contributed by atoms with E-state index < -0.39 is 0 Å². The molecule has 1 aliphatic heterocycles. The van der Waals surface area contributed by atoms with Crippen molar-refractivity contribution in [2.24, 2.45) is 13.0 Å². The number of anilines is 1. The molecule has 0 bridgehead atoms. The lowest BCUT2D eigenvalue weighted by atomic mass is 10.0. The number of carbonyl (C=O) groups excluding carboxylic acids is 1. The lowest BCUT2D eigenvalue weighted by molar-refractivity contribution is -0.135. The summed E-state index contributed by atoms with van der Waals surface area (Å²) in [4.78, 5) is 37.7. The van der Waals surface area contributed by atoms with Crippen LogP contribution in [-0.2, 0) is 11.8 Å². The van der Waals surface area contributed by atoms with Gasteiger partial charge < -0.3 is 9.80 Å². The quantitative estimate of drug-likeness (QED) is 0.839. The van der Waals surface area contributed by atoms with Gasteiger partial charge in [0.2, 0.25) is 5.91 Å². The fraction of sp³-hybridized carbons (Fsp3) is 0.556. The Labute approximate surface area is 147 Å². The van der Waals surface area contributed by atoms with E-state index in [4.69, 9.17) is 0 Å². The van der Waals surface area contributed by atoms with E-state index in [1.807, 2.05) is 28.9 Å². The van der Waals surface area contributed by atoms with Crippen molar-refractivity contribution in [2.45, 2.75) is 26.7 Å². The van der Waals surface area contributed by atoms with Crippen LogP contribution in [0.4, 0.5) is 5.82 Å². The molecular formula is C18H25N5O2. The van der Waals surface area contributed by atoms with Gasteiger partial charge in [-0.2, -0.15) is 0 Å². The van der Waals surface area contributed by atoms with E-state index in [9.17, 15) is 9.59 Å². The fourth-order valence-corrected chi connectivity index (χ4v) is 3.36. The van der Waals surface area contributed by atoms with Gasteiger partial charge >= 0.3 is 0 Å². The Morgan fingerprint density at radius 2 is 2.00 bits per heavy atom. The minimum atomic E-state index is -0.148. The lowest BCUT2D eigenvalue weighted by Gasteiger charge is -2.36. The van der Waals surface area contributed by atoms with Crippen molar-refractivity contribution in [1.82, 2.24) is 19.4 Å². The third kappa shape index (κ3) is 3.36. The Morgan fingerprint density at radius 3 is 2.68 bits per heavy atom. The van der Waals surface area contributed by atoms with Gasteiger partial charge in [-0.25, -0.2) is 9.97 Å². The number of rotatable bonds is 4. The summed E-state index contributed by atoms with van der Waals surface area (Å²) in [6.07, 6.45) is 3.59. The minimum Gasteiger partial charge on any atom is -0.348 e. The number of aryl methyl sites for hydroxylation is 1. The molecule has 1 aliphatic rings. The molecule has 1 fully saturated rings. The van der Waals surface area contributed by atoms with Gasteiger partial charge in [-0.1, -0.05) is 20.3 Å². The fourth-order valence-electron chi connectivity index (χ4n) is 3.36. The van der Waals surface area contributed by atoms with Crippen LogP contribution < -0.4 is 10.5 Å². The Bertz CT molecular complexity index is 824. The van der Waals surface area contributed by atoms with Crippen LogP contribution in [-0.4, -0.2) is 51.5 Å². The summed E-state index contributed by atoms with van der Waals surface area (Å²) in [7, 11) is 1.72. The second-order valence-electron chi connectivity index (χ2n) is 6.65. The van der Waals surface area contributed by atoms with E-state index in [2.05, 4.69) is 16.9 Å². The van der Waals surface area contributed by atoms with Crippen molar-refractivity contribution in [2.75, 3.05) is 31.1 Å². The van der Waals surface area contributed by atoms with Crippen LogP contribution >= 0.6 is 0 Å². The first kappa shape index (κ1) is 17.4. The van der Waals surface area contributed by atoms with Gasteiger partial charge in [0.15, 0.2) is 11.5 Å². The topological polar surface area (TPSA) is 71.3 Å². The molecule has 1 amide bonds. The average Bonchev–Trinajstić information content (AvgIpc) is 2.64. The van der Waals surface area contributed by atoms with Crippen molar-refractivity contribution >= 4 is 22.9 Å². The standard InChI is InChI=1S/C18H25N5O2/c1-4-6-13(2)17(24)23-11-9-22(10-12-23)16-18(25)21(3)15-14(20-16)7-5-8-19-15/h5,7-8,13H,4,6,9-12H2,1-3H3/t13-/m1/s1. The molecule has 0 N–H and O–H groups in total. The van der Waals surface area contributed by atoms with Crippen molar-refractivity contribution in [1.29, 1.82) is 0 Å². The van der Waals surface area contributed by atoms with Crippen LogP contribution in [0.25, 0.3) is 11.2 Å². The monoisotopic (exact) mass is 343 g/mol. The average molecular weight is 343 g/mol. The molecule has 7 heteroatoms. The van der Waals surface area contributed by atoms with Crippen LogP contribution in [0.2, 0.25) is 0 Å². The van der Waals surface area contributed by atoms with Crippen LogP contribution in [0.3, 0.4) is 0 Å².